The molecule has 0 atom stereocenters. The van der Waals surface area contributed by atoms with Crippen LogP contribution in [0.1, 0.15) is 19.3 Å². The van der Waals surface area contributed by atoms with E-state index in [9.17, 15) is 9.59 Å². The largest absolute Gasteiger partial charge is 0.351 e. The number of primary amides is 1. The molecule has 0 saturated carbocycles. The van der Waals surface area contributed by atoms with Crippen molar-refractivity contribution < 1.29 is 9.59 Å². The van der Waals surface area contributed by atoms with Gasteiger partial charge in [0.15, 0.2) is 0 Å². The number of aromatic nitrogens is 1. The Labute approximate surface area is 98.8 Å². The Kier molecular flexibility index (Phi) is 3.22. The van der Waals surface area contributed by atoms with Crippen LogP contribution in [-0.4, -0.2) is 23.5 Å². The van der Waals surface area contributed by atoms with Crippen LogP contribution in [0.4, 0.5) is 16.3 Å². The van der Waals surface area contributed by atoms with E-state index in [2.05, 4.69) is 10.3 Å². The average molecular weight is 234 g/mol. The quantitative estimate of drug-likeness (QED) is 0.802. The van der Waals surface area contributed by atoms with Crippen molar-refractivity contribution in [2.24, 2.45) is 5.73 Å². The first kappa shape index (κ1) is 11.4. The van der Waals surface area contributed by atoms with Gasteiger partial charge in [-0.1, -0.05) is 0 Å². The summed E-state index contributed by atoms with van der Waals surface area (Å²) in [5.74, 6) is 0.712. The summed E-state index contributed by atoms with van der Waals surface area (Å²) in [5, 5.41) is 2.42. The lowest BCUT2D eigenvalue weighted by molar-refractivity contribution is -0.119. The zero-order chi connectivity index (χ0) is 12.3. The first-order valence-electron chi connectivity index (χ1n) is 5.50. The summed E-state index contributed by atoms with van der Waals surface area (Å²) in [7, 11) is 0. The number of rotatable bonds is 2. The van der Waals surface area contributed by atoms with Crippen LogP contribution in [-0.2, 0) is 4.79 Å². The van der Waals surface area contributed by atoms with Crippen LogP contribution in [0.3, 0.4) is 0 Å². The van der Waals surface area contributed by atoms with Gasteiger partial charge in [-0.3, -0.25) is 9.69 Å². The molecule has 0 unspecified atom stereocenters. The molecule has 6 heteroatoms. The lowest BCUT2D eigenvalue weighted by Crippen LogP contribution is -2.35. The number of nitrogens with zero attached hydrogens (tertiary/aromatic N) is 2. The molecular formula is C11H14N4O2. The summed E-state index contributed by atoms with van der Waals surface area (Å²) < 4.78 is 0. The summed E-state index contributed by atoms with van der Waals surface area (Å²) in [4.78, 5) is 28.1. The molecule has 1 aliphatic rings. The smallest absolute Gasteiger partial charge is 0.316 e. The number of nitrogens with one attached hydrogen (secondary N) is 1. The van der Waals surface area contributed by atoms with Gasteiger partial charge in [0, 0.05) is 13.0 Å². The number of amides is 3. The van der Waals surface area contributed by atoms with Crippen LogP contribution < -0.4 is 16.0 Å². The van der Waals surface area contributed by atoms with Crippen LogP contribution in [0.2, 0.25) is 0 Å². The summed E-state index contributed by atoms with van der Waals surface area (Å²) in [6.07, 6.45) is 4.00. The highest BCUT2D eigenvalue weighted by atomic mass is 16.2. The van der Waals surface area contributed by atoms with Gasteiger partial charge in [-0.25, -0.2) is 9.78 Å². The molecule has 3 amide bonds. The van der Waals surface area contributed by atoms with Crippen molar-refractivity contribution >= 4 is 23.4 Å². The fourth-order valence-corrected chi connectivity index (χ4v) is 1.81. The van der Waals surface area contributed by atoms with E-state index in [1.165, 1.54) is 6.20 Å². The predicted molar refractivity (Wildman–Crippen MR) is 63.6 cm³/mol. The van der Waals surface area contributed by atoms with Gasteiger partial charge >= 0.3 is 6.03 Å². The maximum Gasteiger partial charge on any atom is 0.316 e. The number of piperidine rings is 1. The number of nitrogens with two attached hydrogens (primary N) is 1. The number of carbonyl (C=O) groups excluding carboxylic acids is 2. The highest BCUT2D eigenvalue weighted by Gasteiger charge is 2.20. The maximum atomic E-state index is 11.7. The summed E-state index contributed by atoms with van der Waals surface area (Å²) in [6.45, 7) is 0.703. The Balaban J connectivity index is 2.11. The zero-order valence-corrected chi connectivity index (χ0v) is 9.35. The third kappa shape index (κ3) is 2.72. The van der Waals surface area contributed by atoms with Crippen LogP contribution in [0.5, 0.6) is 0 Å². The molecule has 6 nitrogen and oxygen atoms in total. The van der Waals surface area contributed by atoms with E-state index in [1.807, 2.05) is 0 Å². The monoisotopic (exact) mass is 234 g/mol. The van der Waals surface area contributed by atoms with E-state index in [0.717, 1.165) is 12.8 Å². The molecule has 0 spiro atoms. The van der Waals surface area contributed by atoms with Gasteiger partial charge in [-0.2, -0.15) is 0 Å². The normalized spacial score (nSPS) is 15.8. The Hall–Kier alpha value is -2.11. The van der Waals surface area contributed by atoms with E-state index in [-0.39, 0.29) is 5.91 Å². The van der Waals surface area contributed by atoms with Crippen molar-refractivity contribution in [1.29, 1.82) is 0 Å². The Morgan fingerprint density at radius 2 is 2.24 bits per heavy atom. The van der Waals surface area contributed by atoms with Crippen LogP contribution in [0, 0.1) is 0 Å². The van der Waals surface area contributed by atoms with E-state index < -0.39 is 6.03 Å². The minimum Gasteiger partial charge on any atom is -0.351 e. The predicted octanol–water partition coefficient (Wildman–Crippen LogP) is 1.09. The molecule has 17 heavy (non-hydrogen) atoms. The summed E-state index contributed by atoms with van der Waals surface area (Å²) >= 11 is 0. The minimum atomic E-state index is -0.631. The fraction of sp³-hybridized carbons (Fsp3) is 0.364. The van der Waals surface area contributed by atoms with Gasteiger partial charge in [0.05, 0.1) is 11.9 Å². The molecule has 0 radical (unpaired) electrons. The highest BCUT2D eigenvalue weighted by molar-refractivity contribution is 5.93. The molecule has 3 N–H and O–H groups in total. The second-order valence-electron chi connectivity index (χ2n) is 3.90. The molecule has 1 aromatic heterocycles. The molecule has 2 heterocycles. The van der Waals surface area contributed by atoms with Crippen molar-refractivity contribution in [1.82, 2.24) is 4.98 Å². The Bertz CT molecular complexity index is 430. The van der Waals surface area contributed by atoms with Crippen molar-refractivity contribution in [2.75, 3.05) is 16.8 Å². The third-order valence-electron chi connectivity index (χ3n) is 2.62. The lowest BCUT2D eigenvalue weighted by atomic mass is 10.1. The van der Waals surface area contributed by atoms with Gasteiger partial charge in [-0.15, -0.1) is 0 Å². The molecule has 0 aromatic carbocycles. The van der Waals surface area contributed by atoms with Gasteiger partial charge in [-0.05, 0) is 25.0 Å². The maximum absolute atomic E-state index is 11.7. The fourth-order valence-electron chi connectivity index (χ4n) is 1.81. The van der Waals surface area contributed by atoms with E-state index in [0.29, 0.717) is 24.5 Å². The third-order valence-corrected chi connectivity index (χ3v) is 2.62. The molecule has 1 fully saturated rings. The van der Waals surface area contributed by atoms with Crippen molar-refractivity contribution in [3.63, 3.8) is 0 Å². The zero-order valence-electron chi connectivity index (χ0n) is 9.35. The average Bonchev–Trinajstić information content (AvgIpc) is 2.30. The number of anilines is 2. The number of hydrogen-bond acceptors (Lipinski definition) is 3. The Morgan fingerprint density at radius 3 is 2.82 bits per heavy atom. The number of pyridine rings is 1. The van der Waals surface area contributed by atoms with Crippen LogP contribution in [0.25, 0.3) is 0 Å². The summed E-state index contributed by atoms with van der Waals surface area (Å²) in [6, 6.07) is 2.75. The lowest BCUT2D eigenvalue weighted by Gasteiger charge is -2.25. The Morgan fingerprint density at radius 1 is 1.41 bits per heavy atom. The van der Waals surface area contributed by atoms with E-state index >= 15 is 0 Å². The van der Waals surface area contributed by atoms with E-state index in [4.69, 9.17) is 5.73 Å². The topological polar surface area (TPSA) is 88.3 Å². The molecule has 2 rings (SSSR count). The SMILES string of the molecule is NC(=O)Nc1ccc(N2CCCCC2=O)nc1. The van der Waals surface area contributed by atoms with Gasteiger partial charge in [0.1, 0.15) is 5.82 Å². The molecule has 0 bridgehead atoms. The highest BCUT2D eigenvalue weighted by Crippen LogP contribution is 2.19. The van der Waals surface area contributed by atoms with Crippen molar-refractivity contribution in [3.05, 3.63) is 18.3 Å². The molecule has 90 valence electrons. The molecule has 0 aliphatic carbocycles. The second kappa shape index (κ2) is 4.82. The molecule has 1 aliphatic heterocycles. The van der Waals surface area contributed by atoms with Gasteiger partial charge in [0.25, 0.3) is 0 Å². The van der Waals surface area contributed by atoms with Crippen LogP contribution >= 0.6 is 0 Å². The van der Waals surface area contributed by atoms with Gasteiger partial charge in [0.2, 0.25) is 5.91 Å². The summed E-state index contributed by atoms with van der Waals surface area (Å²) in [5.41, 5.74) is 5.50. The number of urea groups is 1. The standard InChI is InChI=1S/C11H14N4O2/c12-11(17)14-8-4-5-9(13-7-8)15-6-2-1-3-10(15)16/h4-5,7H,1-3,6H2,(H3,12,14,17). The first-order chi connectivity index (χ1) is 8.16. The molecule has 1 saturated heterocycles. The minimum absolute atomic E-state index is 0.0966. The number of hydrogen-bond donors (Lipinski definition) is 2. The van der Waals surface area contributed by atoms with Crippen LogP contribution in [0.15, 0.2) is 18.3 Å². The van der Waals surface area contributed by atoms with E-state index in [1.54, 1.807) is 17.0 Å². The first-order valence-corrected chi connectivity index (χ1v) is 5.50. The van der Waals surface area contributed by atoms with Crippen molar-refractivity contribution in [3.8, 4) is 0 Å². The van der Waals surface area contributed by atoms with Gasteiger partial charge < -0.3 is 11.1 Å². The number of carbonyl (C=O) groups is 2. The molecule has 1 aromatic rings. The molecular weight excluding hydrogens is 220 g/mol. The van der Waals surface area contributed by atoms with Crippen molar-refractivity contribution in [2.45, 2.75) is 19.3 Å². The second-order valence-corrected chi connectivity index (χ2v) is 3.90.